The number of carbonyl (C=O) groups is 2. The van der Waals surface area contributed by atoms with Crippen molar-refractivity contribution >= 4 is 11.9 Å². The lowest BCUT2D eigenvalue weighted by Crippen LogP contribution is -2.30. The summed E-state index contributed by atoms with van der Waals surface area (Å²) in [5.74, 6) is -1.60. The van der Waals surface area contributed by atoms with Gasteiger partial charge in [0.15, 0.2) is 0 Å². The van der Waals surface area contributed by atoms with E-state index in [9.17, 15) is 9.59 Å². The molecule has 0 spiro atoms. The van der Waals surface area contributed by atoms with Gasteiger partial charge in [-0.25, -0.2) is 9.78 Å². The van der Waals surface area contributed by atoms with Crippen LogP contribution in [0.15, 0.2) is 0 Å². The molecule has 128 valence electrons. The number of hydrogen-bond acceptors (Lipinski definition) is 4. The smallest absolute Gasteiger partial charge is 0.306 e. The molecule has 0 saturated carbocycles. The summed E-state index contributed by atoms with van der Waals surface area (Å²) in [4.78, 5) is 31.9. The lowest BCUT2D eigenvalue weighted by molar-refractivity contribution is -0.345. The zero-order valence-electron chi connectivity index (χ0n) is 13.6. The maximum atomic E-state index is 10.8. The van der Waals surface area contributed by atoms with Gasteiger partial charge in [-0.2, -0.15) is 0 Å². The van der Waals surface area contributed by atoms with E-state index in [0.717, 1.165) is 44.9 Å². The van der Waals surface area contributed by atoms with Crippen molar-refractivity contribution in [2.75, 3.05) is 0 Å². The minimum Gasteiger partial charge on any atom is -0.481 e. The quantitative estimate of drug-likeness (QED) is 0.447. The van der Waals surface area contributed by atoms with Gasteiger partial charge in [-0.3, -0.25) is 9.59 Å². The Morgan fingerprint density at radius 2 is 1.41 bits per heavy atom. The van der Waals surface area contributed by atoms with Crippen LogP contribution in [0.25, 0.3) is 0 Å². The van der Waals surface area contributed by atoms with Gasteiger partial charge in [-0.1, -0.05) is 32.1 Å². The Balaban J connectivity index is 2.12. The fraction of sp³-hybridized carbons (Fsp3) is 0.875. The maximum absolute atomic E-state index is 10.8. The summed E-state index contributed by atoms with van der Waals surface area (Å²) in [6, 6.07) is 0. The molecule has 0 unspecified atom stereocenters. The van der Waals surface area contributed by atoms with Crippen LogP contribution in [0, 0.1) is 0 Å². The van der Waals surface area contributed by atoms with Gasteiger partial charge in [-0.05, 0) is 26.7 Å². The first kappa shape index (κ1) is 18.9. The summed E-state index contributed by atoms with van der Waals surface area (Å²) in [6.45, 7) is 3.74. The van der Waals surface area contributed by atoms with Gasteiger partial charge in [-0.15, -0.1) is 0 Å². The topological polar surface area (TPSA) is 93.1 Å². The summed E-state index contributed by atoms with van der Waals surface area (Å²) < 4.78 is 0. The number of rotatable bonds is 11. The highest BCUT2D eigenvalue weighted by Crippen LogP contribution is 2.40. The molecule has 1 saturated heterocycles. The van der Waals surface area contributed by atoms with Crippen molar-refractivity contribution in [1.82, 2.24) is 0 Å². The van der Waals surface area contributed by atoms with E-state index in [1.807, 2.05) is 6.92 Å². The van der Waals surface area contributed by atoms with E-state index in [1.165, 1.54) is 0 Å². The highest BCUT2D eigenvalue weighted by molar-refractivity contribution is 5.68. The third-order valence-corrected chi connectivity index (χ3v) is 4.06. The minimum absolute atomic E-state index is 0.0494. The summed E-state index contributed by atoms with van der Waals surface area (Å²) in [6.07, 6.45) is 7.56. The molecular formula is C16H28O6. The van der Waals surface area contributed by atoms with Crippen LogP contribution in [0.2, 0.25) is 0 Å². The number of carboxylic acids is 2. The van der Waals surface area contributed by atoms with Crippen LogP contribution in [0.4, 0.5) is 0 Å². The van der Waals surface area contributed by atoms with E-state index in [4.69, 9.17) is 20.0 Å². The molecule has 1 aliphatic heterocycles. The number of hydrogen-bond donors (Lipinski definition) is 2. The molecule has 6 heteroatoms. The van der Waals surface area contributed by atoms with Crippen LogP contribution in [-0.4, -0.2) is 33.4 Å². The first-order valence-electron chi connectivity index (χ1n) is 8.05. The van der Waals surface area contributed by atoms with Crippen LogP contribution < -0.4 is 0 Å². The van der Waals surface area contributed by atoms with Crippen molar-refractivity contribution in [3.05, 3.63) is 0 Å². The molecule has 6 nitrogen and oxygen atoms in total. The molecule has 1 aliphatic rings. The predicted molar refractivity (Wildman–Crippen MR) is 80.4 cm³/mol. The second kappa shape index (κ2) is 8.48. The zero-order valence-corrected chi connectivity index (χ0v) is 13.6. The average Bonchev–Trinajstić information content (AvgIpc) is 2.67. The monoisotopic (exact) mass is 316 g/mol. The van der Waals surface area contributed by atoms with Crippen molar-refractivity contribution in [1.29, 1.82) is 0 Å². The zero-order chi connectivity index (χ0) is 16.6. The SMILES string of the molecule is C[C@@]1(CCCCCCCCC(=O)O)C[C@@](C)(CC(=O)O)OO1. The average molecular weight is 316 g/mol. The van der Waals surface area contributed by atoms with Crippen LogP contribution in [-0.2, 0) is 19.4 Å². The van der Waals surface area contributed by atoms with Crippen LogP contribution in [0.3, 0.4) is 0 Å². The van der Waals surface area contributed by atoms with Gasteiger partial charge in [0.2, 0.25) is 0 Å². The van der Waals surface area contributed by atoms with E-state index in [0.29, 0.717) is 6.42 Å². The summed E-state index contributed by atoms with van der Waals surface area (Å²) in [5.41, 5.74) is -1.15. The molecule has 0 aromatic carbocycles. The van der Waals surface area contributed by atoms with Crippen molar-refractivity contribution in [2.45, 2.75) is 89.3 Å². The summed E-state index contributed by atoms with van der Waals surface area (Å²) in [7, 11) is 0. The molecule has 0 aliphatic carbocycles. The second-order valence-electron chi connectivity index (χ2n) is 6.83. The molecular weight excluding hydrogens is 288 g/mol. The van der Waals surface area contributed by atoms with Crippen molar-refractivity contribution in [2.24, 2.45) is 0 Å². The Kier molecular flexibility index (Phi) is 7.29. The van der Waals surface area contributed by atoms with E-state index >= 15 is 0 Å². The lowest BCUT2D eigenvalue weighted by Gasteiger charge is -2.21. The standard InChI is InChI=1S/C16H28O6/c1-15(12-16(2,22-21-15)11-14(19)20)10-8-6-4-3-5-7-9-13(17)18/h3-12H2,1-2H3,(H,17,18)(H,19,20)/t15-,16-/m1/s1. The van der Waals surface area contributed by atoms with E-state index in [2.05, 4.69) is 0 Å². The predicted octanol–water partition coefficient (Wildman–Crippen LogP) is 3.54. The fourth-order valence-corrected chi connectivity index (χ4v) is 3.08. The molecule has 0 aromatic heterocycles. The van der Waals surface area contributed by atoms with Gasteiger partial charge in [0.1, 0.15) is 11.2 Å². The Hall–Kier alpha value is -1.14. The van der Waals surface area contributed by atoms with Crippen molar-refractivity contribution < 1.29 is 29.6 Å². The molecule has 1 fully saturated rings. The molecule has 2 N–H and O–H groups in total. The number of unbranched alkanes of at least 4 members (excludes halogenated alkanes) is 5. The van der Waals surface area contributed by atoms with Crippen molar-refractivity contribution in [3.8, 4) is 0 Å². The molecule has 0 aromatic rings. The van der Waals surface area contributed by atoms with Gasteiger partial charge < -0.3 is 10.2 Å². The molecule has 0 amide bonds. The van der Waals surface area contributed by atoms with Crippen molar-refractivity contribution in [3.63, 3.8) is 0 Å². The number of carboxylic acid groups (broad SMARTS) is 2. The Bertz CT molecular complexity index is 383. The normalized spacial score (nSPS) is 27.9. The van der Waals surface area contributed by atoms with E-state index in [1.54, 1.807) is 6.92 Å². The Morgan fingerprint density at radius 3 is 2.00 bits per heavy atom. The Labute approximate surface area is 131 Å². The highest BCUT2D eigenvalue weighted by atomic mass is 17.2. The molecule has 2 atom stereocenters. The largest absolute Gasteiger partial charge is 0.481 e. The third-order valence-electron chi connectivity index (χ3n) is 4.06. The van der Waals surface area contributed by atoms with Gasteiger partial charge in [0.05, 0.1) is 6.42 Å². The third kappa shape index (κ3) is 7.22. The van der Waals surface area contributed by atoms with E-state index < -0.39 is 23.1 Å². The lowest BCUT2D eigenvalue weighted by atomic mass is 9.85. The van der Waals surface area contributed by atoms with Gasteiger partial charge in [0, 0.05) is 12.8 Å². The van der Waals surface area contributed by atoms with Gasteiger partial charge in [0.25, 0.3) is 0 Å². The maximum Gasteiger partial charge on any atom is 0.306 e. The molecule has 22 heavy (non-hydrogen) atoms. The molecule has 1 rings (SSSR count). The molecule has 0 bridgehead atoms. The van der Waals surface area contributed by atoms with Crippen LogP contribution >= 0.6 is 0 Å². The Morgan fingerprint density at radius 1 is 0.864 bits per heavy atom. The first-order valence-corrected chi connectivity index (χ1v) is 8.05. The minimum atomic E-state index is -0.878. The highest BCUT2D eigenvalue weighted by Gasteiger charge is 2.47. The van der Waals surface area contributed by atoms with Crippen LogP contribution in [0.5, 0.6) is 0 Å². The van der Waals surface area contributed by atoms with E-state index in [-0.39, 0.29) is 12.8 Å². The number of aliphatic carboxylic acids is 2. The van der Waals surface area contributed by atoms with Crippen LogP contribution in [0.1, 0.15) is 78.1 Å². The fourth-order valence-electron chi connectivity index (χ4n) is 3.08. The summed E-state index contributed by atoms with van der Waals surface area (Å²) in [5, 5.41) is 17.4. The summed E-state index contributed by atoms with van der Waals surface area (Å²) >= 11 is 0. The van der Waals surface area contributed by atoms with Gasteiger partial charge >= 0.3 is 11.9 Å². The molecule has 1 heterocycles. The second-order valence-corrected chi connectivity index (χ2v) is 6.83. The molecule has 0 radical (unpaired) electrons. The first-order chi connectivity index (χ1) is 10.2.